The molecule has 0 aliphatic carbocycles. The molecule has 2 aliphatic heterocycles. The van der Waals surface area contributed by atoms with Crippen molar-refractivity contribution in [2.45, 2.75) is 24.7 Å². The minimum absolute atomic E-state index is 0.0588. The Hall–Kier alpha value is -2.36. The summed E-state index contributed by atoms with van der Waals surface area (Å²) in [5.74, 6) is -0.109. The lowest BCUT2D eigenvalue weighted by Gasteiger charge is -2.39. The van der Waals surface area contributed by atoms with Crippen LogP contribution < -0.4 is 9.64 Å². The van der Waals surface area contributed by atoms with E-state index in [4.69, 9.17) is 16.3 Å². The van der Waals surface area contributed by atoms with Gasteiger partial charge >= 0.3 is 0 Å². The number of hydrogen-bond donors (Lipinski definition) is 0. The number of carbonyl (C=O) groups is 1. The van der Waals surface area contributed by atoms with Gasteiger partial charge in [0.05, 0.1) is 6.61 Å². The number of piperazine rings is 1. The first-order valence-electron chi connectivity index (χ1n) is 11.5. The maximum Gasteiger partial charge on any atom is 0.246 e. The van der Waals surface area contributed by atoms with Crippen LogP contribution in [0.5, 0.6) is 5.75 Å². The highest BCUT2D eigenvalue weighted by molar-refractivity contribution is 7.89. The van der Waals surface area contributed by atoms with Gasteiger partial charge in [0.15, 0.2) is 0 Å². The number of hydrogen-bond acceptors (Lipinski definition) is 5. The second kappa shape index (κ2) is 10.5. The highest BCUT2D eigenvalue weighted by Gasteiger charge is 2.36. The molecule has 0 aromatic heterocycles. The molecule has 0 N–H and O–H groups in total. The number of rotatable bonds is 6. The minimum atomic E-state index is -3.79. The number of benzene rings is 2. The van der Waals surface area contributed by atoms with Gasteiger partial charge in [-0.3, -0.25) is 4.79 Å². The quantitative estimate of drug-likeness (QED) is 0.595. The summed E-state index contributed by atoms with van der Waals surface area (Å²) in [6, 6.07) is 11.0. The SMILES string of the molecule is CCOc1ccc(Cl)cc1S(=O)(=O)N1CCC(C(=O)N2CCN(c3ccc(F)cc3)CC2)CC1. The molecule has 1 amide bonds. The van der Waals surface area contributed by atoms with E-state index in [0.29, 0.717) is 50.7 Å². The first kappa shape index (κ1) is 24.8. The van der Waals surface area contributed by atoms with E-state index < -0.39 is 10.0 Å². The lowest BCUT2D eigenvalue weighted by atomic mass is 9.96. The second-order valence-electron chi connectivity index (χ2n) is 8.49. The number of halogens is 2. The van der Waals surface area contributed by atoms with Crippen LogP contribution in [0.15, 0.2) is 47.4 Å². The van der Waals surface area contributed by atoms with Gasteiger partial charge in [0.2, 0.25) is 15.9 Å². The predicted octanol–water partition coefficient (Wildman–Crippen LogP) is 3.63. The topological polar surface area (TPSA) is 70.2 Å². The van der Waals surface area contributed by atoms with E-state index in [1.54, 1.807) is 31.2 Å². The molecule has 2 aromatic carbocycles. The van der Waals surface area contributed by atoms with Crippen molar-refractivity contribution in [3.63, 3.8) is 0 Å². The molecular formula is C24H29ClFN3O4S. The molecule has 34 heavy (non-hydrogen) atoms. The highest BCUT2D eigenvalue weighted by Crippen LogP contribution is 2.32. The van der Waals surface area contributed by atoms with Crippen molar-refractivity contribution in [2.24, 2.45) is 5.92 Å². The Kier molecular flexibility index (Phi) is 7.64. The summed E-state index contributed by atoms with van der Waals surface area (Å²) >= 11 is 6.06. The Bertz CT molecular complexity index is 1110. The van der Waals surface area contributed by atoms with Crippen LogP contribution in [0.4, 0.5) is 10.1 Å². The number of sulfonamides is 1. The number of nitrogens with zero attached hydrogens (tertiary/aromatic N) is 3. The predicted molar refractivity (Wildman–Crippen MR) is 129 cm³/mol. The van der Waals surface area contributed by atoms with E-state index in [9.17, 15) is 17.6 Å². The largest absolute Gasteiger partial charge is 0.492 e. The summed E-state index contributed by atoms with van der Waals surface area (Å²) in [5.41, 5.74) is 0.944. The van der Waals surface area contributed by atoms with Crippen LogP contribution in [0, 0.1) is 11.7 Å². The number of piperidine rings is 1. The van der Waals surface area contributed by atoms with Crippen LogP contribution in [0.3, 0.4) is 0 Å². The summed E-state index contributed by atoms with van der Waals surface area (Å²) in [6.07, 6.45) is 0.946. The Morgan fingerprint density at radius 2 is 1.68 bits per heavy atom. The fourth-order valence-electron chi connectivity index (χ4n) is 4.54. The van der Waals surface area contributed by atoms with Gasteiger partial charge in [-0.05, 0) is 62.2 Å². The Balaban J connectivity index is 1.34. The van der Waals surface area contributed by atoms with Crippen LogP contribution in [-0.2, 0) is 14.8 Å². The third-order valence-corrected chi connectivity index (χ3v) is 8.56. The van der Waals surface area contributed by atoms with E-state index in [0.717, 1.165) is 5.69 Å². The van der Waals surface area contributed by atoms with Crippen molar-refractivity contribution in [1.82, 2.24) is 9.21 Å². The fraction of sp³-hybridized carbons (Fsp3) is 0.458. The summed E-state index contributed by atoms with van der Waals surface area (Å²) < 4.78 is 46.6. The van der Waals surface area contributed by atoms with E-state index in [2.05, 4.69) is 4.90 Å². The lowest BCUT2D eigenvalue weighted by molar-refractivity contribution is -0.137. The molecule has 10 heteroatoms. The third-order valence-electron chi connectivity index (χ3n) is 6.41. The molecule has 2 fully saturated rings. The highest BCUT2D eigenvalue weighted by atomic mass is 35.5. The zero-order valence-corrected chi connectivity index (χ0v) is 20.7. The third kappa shape index (κ3) is 5.31. The van der Waals surface area contributed by atoms with Crippen molar-refractivity contribution in [2.75, 3.05) is 50.8 Å². The molecule has 2 saturated heterocycles. The van der Waals surface area contributed by atoms with Crippen LogP contribution in [-0.4, -0.2) is 69.4 Å². The van der Waals surface area contributed by atoms with Crippen LogP contribution in [0.1, 0.15) is 19.8 Å². The maximum absolute atomic E-state index is 13.3. The van der Waals surface area contributed by atoms with Crippen molar-refractivity contribution in [3.8, 4) is 5.75 Å². The maximum atomic E-state index is 13.3. The molecule has 0 saturated carbocycles. The van der Waals surface area contributed by atoms with E-state index >= 15 is 0 Å². The molecule has 2 heterocycles. The fourth-order valence-corrected chi connectivity index (χ4v) is 6.40. The summed E-state index contributed by atoms with van der Waals surface area (Å²) in [7, 11) is -3.79. The lowest BCUT2D eigenvalue weighted by Crippen LogP contribution is -2.52. The molecule has 2 aromatic rings. The molecule has 0 atom stereocenters. The van der Waals surface area contributed by atoms with Crippen LogP contribution in [0.2, 0.25) is 5.02 Å². The molecule has 0 bridgehead atoms. The number of carbonyl (C=O) groups excluding carboxylic acids is 1. The molecule has 2 aliphatic rings. The summed E-state index contributed by atoms with van der Waals surface area (Å²) in [4.78, 5) is 17.2. The van der Waals surface area contributed by atoms with E-state index in [1.165, 1.54) is 22.5 Å². The molecule has 0 unspecified atom stereocenters. The summed E-state index contributed by atoms with van der Waals surface area (Å²) in [6.45, 7) is 5.22. The van der Waals surface area contributed by atoms with Gasteiger partial charge in [0, 0.05) is 55.9 Å². The van der Waals surface area contributed by atoms with Crippen molar-refractivity contribution in [3.05, 3.63) is 53.3 Å². The average molecular weight is 510 g/mol. The zero-order chi connectivity index (χ0) is 24.3. The molecule has 4 rings (SSSR count). The normalized spacial score (nSPS) is 18.2. The zero-order valence-electron chi connectivity index (χ0n) is 19.1. The second-order valence-corrected chi connectivity index (χ2v) is 10.8. The van der Waals surface area contributed by atoms with Gasteiger partial charge in [0.1, 0.15) is 16.5 Å². The Morgan fingerprint density at radius 3 is 2.29 bits per heavy atom. The molecule has 0 spiro atoms. The van der Waals surface area contributed by atoms with Crippen LogP contribution in [0.25, 0.3) is 0 Å². The van der Waals surface area contributed by atoms with Crippen molar-refractivity contribution < 1.29 is 22.3 Å². The number of anilines is 1. The van der Waals surface area contributed by atoms with Gasteiger partial charge < -0.3 is 14.5 Å². The van der Waals surface area contributed by atoms with Gasteiger partial charge in [-0.15, -0.1) is 0 Å². The Morgan fingerprint density at radius 1 is 1.03 bits per heavy atom. The molecule has 0 radical (unpaired) electrons. The standard InChI is InChI=1S/C24H29ClFN3O4S/c1-2-33-22-8-3-19(25)17-23(22)34(31,32)29-11-9-18(10-12-29)24(30)28-15-13-27(14-16-28)21-6-4-20(26)5-7-21/h3-8,17-18H,2,9-16H2,1H3. The minimum Gasteiger partial charge on any atom is -0.492 e. The summed E-state index contributed by atoms with van der Waals surface area (Å²) in [5, 5.41) is 0.326. The first-order chi connectivity index (χ1) is 16.3. The first-order valence-corrected chi connectivity index (χ1v) is 13.3. The van der Waals surface area contributed by atoms with Crippen molar-refractivity contribution >= 4 is 33.2 Å². The number of amides is 1. The van der Waals surface area contributed by atoms with Crippen LogP contribution >= 0.6 is 11.6 Å². The number of ether oxygens (including phenoxy) is 1. The van der Waals surface area contributed by atoms with Gasteiger partial charge in [-0.2, -0.15) is 4.31 Å². The van der Waals surface area contributed by atoms with E-state index in [-0.39, 0.29) is 41.4 Å². The average Bonchev–Trinajstić information content (AvgIpc) is 2.85. The van der Waals surface area contributed by atoms with E-state index in [1.807, 2.05) is 4.90 Å². The van der Waals surface area contributed by atoms with Crippen molar-refractivity contribution in [1.29, 1.82) is 0 Å². The smallest absolute Gasteiger partial charge is 0.246 e. The molecular weight excluding hydrogens is 481 g/mol. The van der Waals surface area contributed by atoms with Gasteiger partial charge in [0.25, 0.3) is 0 Å². The van der Waals surface area contributed by atoms with Gasteiger partial charge in [-0.25, -0.2) is 12.8 Å². The molecule has 184 valence electrons. The molecule has 7 nitrogen and oxygen atoms in total. The van der Waals surface area contributed by atoms with Gasteiger partial charge in [-0.1, -0.05) is 11.6 Å². The monoisotopic (exact) mass is 509 g/mol. The Labute approximate surface area is 205 Å².